The average molecular weight is 532 g/mol. The Morgan fingerprint density at radius 3 is 2.67 bits per heavy atom. The summed E-state index contributed by atoms with van der Waals surface area (Å²) in [7, 11) is 0. The molecule has 2 aromatic heterocycles. The summed E-state index contributed by atoms with van der Waals surface area (Å²) in [6, 6.07) is 21.0. The molecule has 1 aliphatic carbocycles. The summed E-state index contributed by atoms with van der Waals surface area (Å²) in [4.78, 5) is 33.9. The minimum atomic E-state index is -0.174. The van der Waals surface area contributed by atoms with Gasteiger partial charge < -0.3 is 5.32 Å². The Balaban J connectivity index is 1.45. The summed E-state index contributed by atoms with van der Waals surface area (Å²) < 4.78 is 1.70. The van der Waals surface area contributed by atoms with Crippen LogP contribution < -0.4 is 10.9 Å². The molecule has 0 saturated carbocycles. The first kappa shape index (κ1) is 23.3. The van der Waals surface area contributed by atoms with Crippen molar-refractivity contribution in [2.24, 2.45) is 0 Å². The summed E-state index contributed by atoms with van der Waals surface area (Å²) >= 11 is 8.85. The predicted octanol–water partition coefficient (Wildman–Crippen LogP) is 6.86. The van der Waals surface area contributed by atoms with E-state index in [0.29, 0.717) is 15.9 Å². The fourth-order valence-corrected chi connectivity index (χ4v) is 6.99. The van der Waals surface area contributed by atoms with E-state index in [-0.39, 0.29) is 17.2 Å². The van der Waals surface area contributed by atoms with E-state index >= 15 is 0 Å². The average Bonchev–Trinajstić information content (AvgIpc) is 3.27. The number of nitrogens with zero attached hydrogens (tertiary/aromatic N) is 2. The van der Waals surface area contributed by atoms with Crippen LogP contribution in [0.3, 0.4) is 0 Å². The van der Waals surface area contributed by atoms with Gasteiger partial charge in [-0.1, -0.05) is 59.8 Å². The highest BCUT2D eigenvalue weighted by molar-refractivity contribution is 7.99. The lowest BCUT2D eigenvalue weighted by atomic mass is 9.97. The molecule has 3 aromatic carbocycles. The Labute approximate surface area is 221 Å². The summed E-state index contributed by atoms with van der Waals surface area (Å²) in [6.07, 6.45) is 4.14. The number of halogens is 1. The Morgan fingerprint density at radius 1 is 1.03 bits per heavy atom. The zero-order valence-corrected chi connectivity index (χ0v) is 21.7. The summed E-state index contributed by atoms with van der Waals surface area (Å²) in [5, 5.41) is 6.77. The smallest absolute Gasteiger partial charge is 0.267 e. The fourth-order valence-electron chi connectivity index (χ4n) is 4.76. The van der Waals surface area contributed by atoms with Crippen molar-refractivity contribution in [3.63, 3.8) is 0 Å². The van der Waals surface area contributed by atoms with E-state index in [2.05, 4.69) is 5.32 Å². The lowest BCUT2D eigenvalue weighted by Crippen LogP contribution is -2.23. The Hall–Kier alpha value is -3.13. The minimum Gasteiger partial charge on any atom is -0.325 e. The van der Waals surface area contributed by atoms with Crippen LogP contribution in [-0.2, 0) is 17.6 Å². The van der Waals surface area contributed by atoms with Gasteiger partial charge in [0.05, 0.1) is 16.8 Å². The molecule has 1 amide bonds. The monoisotopic (exact) mass is 531 g/mol. The van der Waals surface area contributed by atoms with E-state index in [4.69, 9.17) is 16.6 Å². The molecule has 0 fully saturated rings. The van der Waals surface area contributed by atoms with Gasteiger partial charge in [0.1, 0.15) is 4.83 Å². The first-order chi connectivity index (χ1) is 17.6. The van der Waals surface area contributed by atoms with Crippen LogP contribution >= 0.6 is 34.7 Å². The molecule has 0 radical (unpaired) electrons. The molecule has 8 heteroatoms. The van der Waals surface area contributed by atoms with Crippen LogP contribution in [0.5, 0.6) is 0 Å². The highest BCUT2D eigenvalue weighted by atomic mass is 35.5. The number of anilines is 1. The van der Waals surface area contributed by atoms with E-state index in [0.717, 1.165) is 57.9 Å². The molecule has 0 bridgehead atoms. The van der Waals surface area contributed by atoms with Crippen molar-refractivity contribution in [2.45, 2.75) is 30.8 Å². The highest BCUT2D eigenvalue weighted by Crippen LogP contribution is 2.36. The molecule has 0 unspecified atom stereocenters. The molecule has 36 heavy (non-hydrogen) atoms. The number of hydrogen-bond acceptors (Lipinski definition) is 5. The van der Waals surface area contributed by atoms with Gasteiger partial charge in [-0.3, -0.25) is 14.2 Å². The number of aryl methyl sites for hydroxylation is 2. The van der Waals surface area contributed by atoms with Crippen LogP contribution in [-0.4, -0.2) is 21.2 Å². The van der Waals surface area contributed by atoms with Crippen molar-refractivity contribution in [3.05, 3.63) is 92.5 Å². The first-order valence-electron chi connectivity index (χ1n) is 11.8. The molecule has 5 aromatic rings. The molecule has 1 N–H and O–H groups in total. The lowest BCUT2D eigenvalue weighted by Gasteiger charge is -2.15. The molecule has 6 rings (SSSR count). The molecule has 0 atom stereocenters. The van der Waals surface area contributed by atoms with Gasteiger partial charge in [0.2, 0.25) is 5.91 Å². The summed E-state index contributed by atoms with van der Waals surface area (Å²) in [5.41, 5.74) is 2.55. The van der Waals surface area contributed by atoms with Gasteiger partial charge in [0.25, 0.3) is 5.56 Å². The second-order valence-corrected chi connectivity index (χ2v) is 11.2. The minimum absolute atomic E-state index is 0.0589. The van der Waals surface area contributed by atoms with Gasteiger partial charge in [-0.15, -0.1) is 11.3 Å². The molecule has 0 saturated heterocycles. The Bertz CT molecular complexity index is 1670. The maximum Gasteiger partial charge on any atom is 0.267 e. The van der Waals surface area contributed by atoms with Crippen LogP contribution in [0.25, 0.3) is 26.7 Å². The Morgan fingerprint density at radius 2 is 1.81 bits per heavy atom. The quantitative estimate of drug-likeness (QED) is 0.199. The SMILES string of the molecule is O=C(CSc1nc2sc3c(c2c(=O)n1-c1cccc2ccccc12)CCCC3)Nc1ccc(Cl)cc1. The maximum atomic E-state index is 14.1. The topological polar surface area (TPSA) is 64.0 Å². The number of aromatic nitrogens is 2. The number of carbonyl (C=O) groups is 1. The molecular weight excluding hydrogens is 510 g/mol. The number of fused-ring (bicyclic) bond motifs is 4. The van der Waals surface area contributed by atoms with Crippen LogP contribution in [0.2, 0.25) is 5.02 Å². The summed E-state index contributed by atoms with van der Waals surface area (Å²) in [6.45, 7) is 0. The van der Waals surface area contributed by atoms with Crippen molar-refractivity contribution in [1.82, 2.24) is 9.55 Å². The van der Waals surface area contributed by atoms with Crippen molar-refractivity contribution in [1.29, 1.82) is 0 Å². The second-order valence-electron chi connectivity index (χ2n) is 8.77. The standard InChI is InChI=1S/C28H22ClN3O2S2/c29-18-12-14-19(15-13-18)30-24(33)16-35-28-31-26-25(21-9-3-4-11-23(21)36-26)27(34)32(28)22-10-5-7-17-6-1-2-8-20(17)22/h1-2,5-8,10,12-15H,3-4,9,11,16H2,(H,30,33). The van der Waals surface area contributed by atoms with Crippen LogP contribution in [0.4, 0.5) is 5.69 Å². The number of thioether (sulfide) groups is 1. The van der Waals surface area contributed by atoms with Crippen molar-refractivity contribution in [3.8, 4) is 5.69 Å². The van der Waals surface area contributed by atoms with Crippen molar-refractivity contribution >= 4 is 67.3 Å². The normalized spacial score (nSPS) is 13.1. The largest absolute Gasteiger partial charge is 0.325 e. The highest BCUT2D eigenvalue weighted by Gasteiger charge is 2.24. The first-order valence-corrected chi connectivity index (χ1v) is 14.0. The second kappa shape index (κ2) is 9.73. The third-order valence-corrected chi connectivity index (χ3v) is 8.80. The van der Waals surface area contributed by atoms with Crippen LogP contribution in [0.1, 0.15) is 23.3 Å². The third kappa shape index (κ3) is 4.32. The van der Waals surface area contributed by atoms with E-state index in [1.54, 1.807) is 40.2 Å². The predicted molar refractivity (Wildman–Crippen MR) is 150 cm³/mol. The van der Waals surface area contributed by atoms with Gasteiger partial charge in [0.15, 0.2) is 5.16 Å². The lowest BCUT2D eigenvalue weighted by molar-refractivity contribution is -0.113. The van der Waals surface area contributed by atoms with E-state index in [1.807, 2.05) is 42.5 Å². The third-order valence-electron chi connectivity index (χ3n) is 6.43. The van der Waals surface area contributed by atoms with Gasteiger partial charge in [-0.25, -0.2) is 4.98 Å². The number of benzene rings is 3. The van der Waals surface area contributed by atoms with E-state index in [1.165, 1.54) is 16.6 Å². The summed E-state index contributed by atoms with van der Waals surface area (Å²) in [5.74, 6) is -0.0530. The van der Waals surface area contributed by atoms with E-state index < -0.39 is 0 Å². The fraction of sp³-hybridized carbons (Fsp3) is 0.179. The number of thiophene rings is 1. The molecular formula is C28H22ClN3O2S2. The Kier molecular flexibility index (Phi) is 6.29. The van der Waals surface area contributed by atoms with Gasteiger partial charge in [-0.2, -0.15) is 0 Å². The molecule has 1 aliphatic rings. The number of carbonyl (C=O) groups excluding carboxylic acids is 1. The van der Waals surface area contributed by atoms with Gasteiger partial charge in [0, 0.05) is 21.0 Å². The van der Waals surface area contributed by atoms with Crippen LogP contribution in [0.15, 0.2) is 76.7 Å². The molecule has 2 heterocycles. The van der Waals surface area contributed by atoms with Gasteiger partial charge in [-0.05, 0) is 67.0 Å². The molecule has 5 nitrogen and oxygen atoms in total. The van der Waals surface area contributed by atoms with Gasteiger partial charge >= 0.3 is 0 Å². The number of rotatable bonds is 5. The van der Waals surface area contributed by atoms with Crippen LogP contribution in [0, 0.1) is 0 Å². The maximum absolute atomic E-state index is 14.1. The molecule has 0 aliphatic heterocycles. The number of amides is 1. The zero-order valence-electron chi connectivity index (χ0n) is 19.3. The van der Waals surface area contributed by atoms with Crippen molar-refractivity contribution in [2.75, 3.05) is 11.1 Å². The molecule has 180 valence electrons. The zero-order chi connectivity index (χ0) is 24.6. The van der Waals surface area contributed by atoms with E-state index in [9.17, 15) is 9.59 Å². The number of hydrogen-bond donors (Lipinski definition) is 1. The van der Waals surface area contributed by atoms with Crippen molar-refractivity contribution < 1.29 is 4.79 Å². The number of nitrogens with one attached hydrogen (secondary N) is 1. The molecule has 0 spiro atoms.